The topological polar surface area (TPSA) is 38.3 Å². The Bertz CT molecular complexity index is 234. The second-order valence-corrected chi connectivity index (χ2v) is 4.88. The molecule has 0 aromatic carbocycles. The molecule has 3 nitrogen and oxygen atoms in total. The average molecular weight is 211 g/mol. The van der Waals surface area contributed by atoms with Gasteiger partial charge in [0.05, 0.1) is 0 Å². The van der Waals surface area contributed by atoms with Gasteiger partial charge < -0.3 is 10.1 Å². The van der Waals surface area contributed by atoms with Crippen molar-refractivity contribution in [1.82, 2.24) is 5.32 Å². The van der Waals surface area contributed by atoms with Crippen LogP contribution in [0.2, 0.25) is 0 Å². The molecule has 3 heteroatoms. The molecule has 1 saturated carbocycles. The standard InChI is InChI=1S/C12H21NO2/c1-2-3-11(14)13-10-4-5-12(10)6-8-15-9-7-12/h10H,2-9H2,1H3,(H,13,14). The van der Waals surface area contributed by atoms with Crippen molar-refractivity contribution in [2.24, 2.45) is 5.41 Å². The van der Waals surface area contributed by atoms with Crippen molar-refractivity contribution in [2.75, 3.05) is 13.2 Å². The molecule has 86 valence electrons. The molecule has 1 atom stereocenters. The summed E-state index contributed by atoms with van der Waals surface area (Å²) in [4.78, 5) is 11.5. The molecule has 1 heterocycles. The summed E-state index contributed by atoms with van der Waals surface area (Å²) in [5.41, 5.74) is 0.391. The van der Waals surface area contributed by atoms with E-state index in [9.17, 15) is 4.79 Å². The van der Waals surface area contributed by atoms with E-state index in [0.717, 1.165) is 38.9 Å². The highest BCUT2D eigenvalue weighted by atomic mass is 16.5. The third kappa shape index (κ3) is 2.17. The Morgan fingerprint density at radius 1 is 1.40 bits per heavy atom. The Kier molecular flexibility index (Phi) is 3.29. The van der Waals surface area contributed by atoms with Crippen molar-refractivity contribution < 1.29 is 9.53 Å². The summed E-state index contributed by atoms with van der Waals surface area (Å²) in [5.74, 6) is 0.230. The number of rotatable bonds is 3. The van der Waals surface area contributed by atoms with Crippen molar-refractivity contribution in [1.29, 1.82) is 0 Å². The molecule has 2 aliphatic rings. The predicted molar refractivity (Wildman–Crippen MR) is 58.6 cm³/mol. The molecule has 1 aliphatic heterocycles. The SMILES string of the molecule is CCCC(=O)NC1CCC12CCOCC2. The van der Waals surface area contributed by atoms with Crippen molar-refractivity contribution >= 4 is 5.91 Å². The molecule has 1 unspecified atom stereocenters. The molecule has 0 aromatic rings. The van der Waals surface area contributed by atoms with Crippen LogP contribution < -0.4 is 5.32 Å². The van der Waals surface area contributed by atoms with E-state index in [1.807, 2.05) is 6.92 Å². The summed E-state index contributed by atoms with van der Waals surface area (Å²) in [6.45, 7) is 3.80. The molecule has 1 aliphatic carbocycles. The van der Waals surface area contributed by atoms with E-state index in [1.165, 1.54) is 6.42 Å². The van der Waals surface area contributed by atoms with Crippen LogP contribution in [0.5, 0.6) is 0 Å². The molecule has 0 bridgehead atoms. The first-order valence-electron chi connectivity index (χ1n) is 6.14. The van der Waals surface area contributed by atoms with Gasteiger partial charge in [-0.2, -0.15) is 0 Å². The van der Waals surface area contributed by atoms with Crippen LogP contribution in [-0.4, -0.2) is 25.2 Å². The number of carbonyl (C=O) groups is 1. The maximum atomic E-state index is 11.5. The zero-order valence-electron chi connectivity index (χ0n) is 9.55. The average Bonchev–Trinajstić information content (AvgIpc) is 2.26. The van der Waals surface area contributed by atoms with Gasteiger partial charge in [0, 0.05) is 25.7 Å². The third-order valence-electron chi connectivity index (χ3n) is 3.97. The van der Waals surface area contributed by atoms with Crippen molar-refractivity contribution in [3.05, 3.63) is 0 Å². The molecule has 2 rings (SSSR count). The van der Waals surface area contributed by atoms with Crippen LogP contribution in [0.3, 0.4) is 0 Å². The normalized spacial score (nSPS) is 28.5. The Morgan fingerprint density at radius 3 is 2.67 bits per heavy atom. The quantitative estimate of drug-likeness (QED) is 0.774. The van der Waals surface area contributed by atoms with Crippen molar-refractivity contribution in [3.63, 3.8) is 0 Å². The number of nitrogens with one attached hydrogen (secondary N) is 1. The molecule has 1 N–H and O–H groups in total. The Labute approximate surface area is 91.6 Å². The molecule has 1 amide bonds. The van der Waals surface area contributed by atoms with Gasteiger partial charge in [-0.1, -0.05) is 6.92 Å². The lowest BCUT2D eigenvalue weighted by molar-refractivity contribution is -0.127. The van der Waals surface area contributed by atoms with Gasteiger partial charge in [0.2, 0.25) is 5.91 Å². The number of amides is 1. The van der Waals surface area contributed by atoms with Gasteiger partial charge in [-0.25, -0.2) is 0 Å². The summed E-state index contributed by atoms with van der Waals surface area (Å²) < 4.78 is 5.39. The lowest BCUT2D eigenvalue weighted by Crippen LogP contribution is -2.57. The Morgan fingerprint density at radius 2 is 2.13 bits per heavy atom. The van der Waals surface area contributed by atoms with Crippen LogP contribution >= 0.6 is 0 Å². The molecular formula is C12H21NO2. The highest BCUT2D eigenvalue weighted by Gasteiger charge is 2.47. The number of hydrogen-bond acceptors (Lipinski definition) is 2. The second kappa shape index (κ2) is 4.52. The highest BCUT2D eigenvalue weighted by molar-refractivity contribution is 5.76. The van der Waals surface area contributed by atoms with E-state index in [-0.39, 0.29) is 5.91 Å². The van der Waals surface area contributed by atoms with Gasteiger partial charge in [-0.05, 0) is 37.5 Å². The van der Waals surface area contributed by atoms with Crippen LogP contribution in [-0.2, 0) is 9.53 Å². The Balaban J connectivity index is 1.85. The maximum Gasteiger partial charge on any atom is 0.220 e. The van der Waals surface area contributed by atoms with Crippen molar-refractivity contribution in [2.45, 2.75) is 51.5 Å². The summed E-state index contributed by atoms with van der Waals surface area (Å²) >= 11 is 0. The molecule has 0 radical (unpaired) electrons. The maximum absolute atomic E-state index is 11.5. The van der Waals surface area contributed by atoms with E-state index in [4.69, 9.17) is 4.74 Å². The molecule has 1 spiro atoms. The Hall–Kier alpha value is -0.570. The first-order valence-corrected chi connectivity index (χ1v) is 6.14. The van der Waals surface area contributed by atoms with E-state index >= 15 is 0 Å². The fourth-order valence-corrected chi connectivity index (χ4v) is 2.79. The van der Waals surface area contributed by atoms with Crippen LogP contribution in [0, 0.1) is 5.41 Å². The van der Waals surface area contributed by atoms with E-state index < -0.39 is 0 Å². The van der Waals surface area contributed by atoms with Crippen LogP contribution in [0.4, 0.5) is 0 Å². The summed E-state index contributed by atoms with van der Waals surface area (Å²) in [7, 11) is 0. The van der Waals surface area contributed by atoms with E-state index in [0.29, 0.717) is 17.9 Å². The number of hydrogen-bond donors (Lipinski definition) is 1. The number of ether oxygens (including phenoxy) is 1. The summed E-state index contributed by atoms with van der Waals surface area (Å²) in [5, 5.41) is 3.18. The molecule has 2 fully saturated rings. The molecule has 0 aromatic heterocycles. The van der Waals surface area contributed by atoms with Crippen LogP contribution in [0.15, 0.2) is 0 Å². The summed E-state index contributed by atoms with van der Waals surface area (Å²) in [6, 6.07) is 0.431. The van der Waals surface area contributed by atoms with E-state index in [1.54, 1.807) is 0 Å². The minimum Gasteiger partial charge on any atom is -0.381 e. The lowest BCUT2D eigenvalue weighted by Gasteiger charge is -2.52. The largest absolute Gasteiger partial charge is 0.381 e. The lowest BCUT2D eigenvalue weighted by atomic mass is 9.60. The predicted octanol–water partition coefficient (Wildman–Crippen LogP) is 1.86. The van der Waals surface area contributed by atoms with Gasteiger partial charge in [0.1, 0.15) is 0 Å². The van der Waals surface area contributed by atoms with Gasteiger partial charge >= 0.3 is 0 Å². The fourth-order valence-electron chi connectivity index (χ4n) is 2.79. The first kappa shape index (κ1) is 10.9. The van der Waals surface area contributed by atoms with Gasteiger partial charge in [-0.3, -0.25) is 4.79 Å². The zero-order valence-corrected chi connectivity index (χ0v) is 9.55. The number of carbonyl (C=O) groups excluding carboxylic acids is 1. The smallest absolute Gasteiger partial charge is 0.220 e. The monoisotopic (exact) mass is 211 g/mol. The van der Waals surface area contributed by atoms with E-state index in [2.05, 4.69) is 5.32 Å². The first-order chi connectivity index (χ1) is 7.27. The minimum atomic E-state index is 0.230. The molecule has 15 heavy (non-hydrogen) atoms. The highest BCUT2D eigenvalue weighted by Crippen LogP contribution is 2.48. The molecule has 1 saturated heterocycles. The zero-order chi connectivity index (χ0) is 10.7. The molecular weight excluding hydrogens is 190 g/mol. The van der Waals surface area contributed by atoms with Crippen LogP contribution in [0.1, 0.15) is 45.4 Å². The fraction of sp³-hybridized carbons (Fsp3) is 0.917. The van der Waals surface area contributed by atoms with Gasteiger partial charge in [0.15, 0.2) is 0 Å². The van der Waals surface area contributed by atoms with Gasteiger partial charge in [-0.15, -0.1) is 0 Å². The van der Waals surface area contributed by atoms with Gasteiger partial charge in [0.25, 0.3) is 0 Å². The minimum absolute atomic E-state index is 0.230. The van der Waals surface area contributed by atoms with Crippen molar-refractivity contribution in [3.8, 4) is 0 Å². The third-order valence-corrected chi connectivity index (χ3v) is 3.97. The second-order valence-electron chi connectivity index (χ2n) is 4.88. The summed E-state index contributed by atoms with van der Waals surface area (Å²) in [6.07, 6.45) is 6.30. The van der Waals surface area contributed by atoms with Crippen LogP contribution in [0.25, 0.3) is 0 Å².